The van der Waals surface area contributed by atoms with Crippen LogP contribution in [-0.2, 0) is 11.3 Å². The van der Waals surface area contributed by atoms with Crippen molar-refractivity contribution in [2.45, 2.75) is 70.0 Å². The van der Waals surface area contributed by atoms with Crippen molar-refractivity contribution in [1.82, 2.24) is 40.1 Å². The highest BCUT2D eigenvalue weighted by molar-refractivity contribution is 5.93. The molecule has 2 aromatic heterocycles. The number of carbonyl (C=O) groups is 2. The fourth-order valence-corrected chi connectivity index (χ4v) is 5.74. The van der Waals surface area contributed by atoms with Gasteiger partial charge in [-0.2, -0.15) is 5.10 Å². The molecule has 5 rings (SSSR count). The third kappa shape index (κ3) is 5.86. The van der Waals surface area contributed by atoms with Crippen molar-refractivity contribution in [1.29, 1.82) is 0 Å². The smallest absolute Gasteiger partial charge is 0.318 e. The molecular weight excluding hydrogens is 532 g/mol. The quantitative estimate of drug-likeness (QED) is 0.499. The summed E-state index contributed by atoms with van der Waals surface area (Å²) < 4.78 is 57.1. The van der Waals surface area contributed by atoms with Crippen molar-refractivity contribution in [3.8, 4) is 0 Å². The molecule has 14 heteroatoms. The van der Waals surface area contributed by atoms with Gasteiger partial charge in [0, 0.05) is 39.0 Å². The van der Waals surface area contributed by atoms with Crippen LogP contribution in [0.5, 0.6) is 0 Å². The van der Waals surface area contributed by atoms with Crippen LogP contribution in [0.15, 0.2) is 30.2 Å². The number of aromatic nitrogens is 3. The summed E-state index contributed by atoms with van der Waals surface area (Å²) in [5, 5.41) is 13.4. The predicted molar refractivity (Wildman–Crippen MR) is 137 cm³/mol. The zero-order chi connectivity index (χ0) is 28.8. The third-order valence-corrected chi connectivity index (χ3v) is 7.70. The van der Waals surface area contributed by atoms with E-state index >= 15 is 0 Å². The lowest BCUT2D eigenvalue weighted by atomic mass is 9.81. The van der Waals surface area contributed by atoms with Crippen molar-refractivity contribution in [2.75, 3.05) is 26.7 Å². The lowest BCUT2D eigenvalue weighted by molar-refractivity contribution is -0.122. The number of hydrogen-bond acceptors (Lipinski definition) is 6. The molecule has 2 fully saturated rings. The monoisotopic (exact) mass is 566 g/mol. The van der Waals surface area contributed by atoms with Crippen molar-refractivity contribution < 1.29 is 27.2 Å². The van der Waals surface area contributed by atoms with Gasteiger partial charge in [0.1, 0.15) is 5.70 Å². The molecule has 3 amide bonds. The second-order valence-electron chi connectivity index (χ2n) is 11.2. The topological polar surface area (TPSA) is 98.1 Å². The molecule has 218 valence electrons. The van der Waals surface area contributed by atoms with Gasteiger partial charge in [0.15, 0.2) is 5.65 Å². The summed E-state index contributed by atoms with van der Waals surface area (Å²) in [4.78, 5) is 31.3. The molecular formula is C26H34F4N8O2. The number of halogens is 4. The van der Waals surface area contributed by atoms with Crippen molar-refractivity contribution in [2.24, 2.45) is 5.92 Å². The van der Waals surface area contributed by atoms with E-state index in [1.807, 2.05) is 37.0 Å². The number of hydrogen-bond donors (Lipinski definition) is 2. The van der Waals surface area contributed by atoms with E-state index in [-0.39, 0.29) is 50.1 Å². The number of hydrazine groups is 1. The molecule has 10 nitrogen and oxygen atoms in total. The molecule has 40 heavy (non-hydrogen) atoms. The second kappa shape index (κ2) is 10.5. The standard InChI is InChI=1S/C26H34F4N8O2/c1-16(2)38-20(6-9-35(38)3)23(39)34-22(18-4-7-25(27,28)8-5-18)19-13-37-21(33-19)10-17(11-32-37)12-36-15-26(29,30)14-31-24(36)40/h6,10-11,13,16,18,22H,4-5,7-9,12,14-15H2,1-3H3,(H,31,40)(H,34,39). The predicted octanol–water partition coefficient (Wildman–Crippen LogP) is 3.33. The molecule has 1 saturated heterocycles. The Labute approximate surface area is 229 Å². The van der Waals surface area contributed by atoms with Crippen LogP contribution < -0.4 is 10.6 Å². The SMILES string of the molecule is CC(C)N1C(C(=O)NC(c2cn3ncc(CN4CC(F)(F)CNC4=O)cc3n2)C2CCC(F)(F)CC2)=CCN1C. The first kappa shape index (κ1) is 28.1. The summed E-state index contributed by atoms with van der Waals surface area (Å²) in [5.41, 5.74) is 1.85. The molecule has 1 aliphatic carbocycles. The van der Waals surface area contributed by atoms with Gasteiger partial charge in [0.25, 0.3) is 11.8 Å². The van der Waals surface area contributed by atoms with Gasteiger partial charge in [-0.1, -0.05) is 0 Å². The van der Waals surface area contributed by atoms with E-state index in [1.54, 1.807) is 12.3 Å². The molecule has 4 heterocycles. The number of carbonyl (C=O) groups excluding carboxylic acids is 2. The van der Waals surface area contributed by atoms with Gasteiger partial charge in [0.05, 0.1) is 37.2 Å². The number of nitrogens with one attached hydrogen (secondary N) is 2. The molecule has 2 aliphatic heterocycles. The van der Waals surface area contributed by atoms with E-state index in [1.165, 1.54) is 10.7 Å². The maximum Gasteiger partial charge on any atom is 0.318 e. The summed E-state index contributed by atoms with van der Waals surface area (Å²) in [6.07, 6.45) is 4.84. The minimum atomic E-state index is -3.04. The van der Waals surface area contributed by atoms with Crippen LogP contribution in [0.4, 0.5) is 22.4 Å². The van der Waals surface area contributed by atoms with Crippen LogP contribution in [-0.4, -0.2) is 86.0 Å². The normalized spacial score (nSPS) is 22.5. The van der Waals surface area contributed by atoms with Crippen LogP contribution in [0.2, 0.25) is 0 Å². The molecule has 0 radical (unpaired) electrons. The number of rotatable bonds is 7. The van der Waals surface area contributed by atoms with Crippen LogP contribution in [0.1, 0.15) is 56.8 Å². The Morgan fingerprint density at radius 1 is 1.20 bits per heavy atom. The van der Waals surface area contributed by atoms with Gasteiger partial charge < -0.3 is 15.5 Å². The highest BCUT2D eigenvalue weighted by Gasteiger charge is 2.41. The van der Waals surface area contributed by atoms with Gasteiger partial charge in [-0.3, -0.25) is 9.80 Å². The van der Waals surface area contributed by atoms with Crippen LogP contribution in [0.3, 0.4) is 0 Å². The van der Waals surface area contributed by atoms with Crippen LogP contribution in [0, 0.1) is 5.92 Å². The molecule has 3 aliphatic rings. The van der Waals surface area contributed by atoms with E-state index in [2.05, 4.69) is 20.7 Å². The number of likely N-dealkylation sites (N-methyl/N-ethyl adjacent to an activating group) is 1. The Kier molecular flexibility index (Phi) is 7.40. The van der Waals surface area contributed by atoms with Crippen LogP contribution in [0.25, 0.3) is 5.65 Å². The lowest BCUT2D eigenvalue weighted by Gasteiger charge is -2.35. The summed E-state index contributed by atoms with van der Waals surface area (Å²) in [7, 11) is 1.89. The largest absolute Gasteiger partial charge is 0.342 e. The summed E-state index contributed by atoms with van der Waals surface area (Å²) >= 11 is 0. The lowest BCUT2D eigenvalue weighted by Crippen LogP contribution is -2.56. The van der Waals surface area contributed by atoms with E-state index in [4.69, 9.17) is 0 Å². The van der Waals surface area contributed by atoms with Gasteiger partial charge in [-0.05, 0) is 50.3 Å². The Morgan fingerprint density at radius 3 is 2.62 bits per heavy atom. The first-order chi connectivity index (χ1) is 18.8. The van der Waals surface area contributed by atoms with E-state index in [0.717, 1.165) is 4.90 Å². The molecule has 1 saturated carbocycles. The number of nitrogens with zero attached hydrogens (tertiary/aromatic N) is 6. The average molecular weight is 567 g/mol. The molecule has 1 unspecified atom stereocenters. The Morgan fingerprint density at radius 2 is 1.93 bits per heavy atom. The van der Waals surface area contributed by atoms with Gasteiger partial charge in [0.2, 0.25) is 5.92 Å². The molecule has 1 atom stereocenters. The summed E-state index contributed by atoms with van der Waals surface area (Å²) in [6.45, 7) is 3.03. The number of amides is 3. The molecule has 2 N–H and O–H groups in total. The maximum atomic E-state index is 14.0. The van der Waals surface area contributed by atoms with E-state index in [9.17, 15) is 27.2 Å². The Balaban J connectivity index is 1.40. The average Bonchev–Trinajstić information content (AvgIpc) is 3.48. The van der Waals surface area contributed by atoms with Gasteiger partial charge in [-0.25, -0.2) is 36.9 Å². The Hall–Kier alpha value is -3.42. The molecule has 2 aromatic rings. The van der Waals surface area contributed by atoms with Crippen molar-refractivity contribution >= 4 is 17.6 Å². The third-order valence-electron chi connectivity index (χ3n) is 7.70. The molecule has 0 bridgehead atoms. The number of alkyl halides is 4. The van der Waals surface area contributed by atoms with E-state index in [0.29, 0.717) is 29.1 Å². The summed E-state index contributed by atoms with van der Waals surface area (Å²) in [6, 6.07) is 0.450. The number of fused-ring (bicyclic) bond motifs is 1. The highest BCUT2D eigenvalue weighted by atomic mass is 19.3. The fourth-order valence-electron chi connectivity index (χ4n) is 5.74. The van der Waals surface area contributed by atoms with Gasteiger partial charge >= 0.3 is 6.03 Å². The molecule has 0 aromatic carbocycles. The van der Waals surface area contributed by atoms with Crippen molar-refractivity contribution in [3.63, 3.8) is 0 Å². The van der Waals surface area contributed by atoms with Crippen LogP contribution >= 0.6 is 0 Å². The van der Waals surface area contributed by atoms with Crippen molar-refractivity contribution in [3.05, 3.63) is 41.5 Å². The minimum Gasteiger partial charge on any atom is -0.342 e. The zero-order valence-corrected chi connectivity index (χ0v) is 22.7. The number of imidazole rings is 1. The minimum absolute atomic E-state index is 0.0380. The second-order valence-corrected chi connectivity index (χ2v) is 11.2. The van der Waals surface area contributed by atoms with E-state index < -0.39 is 37.0 Å². The zero-order valence-electron chi connectivity index (χ0n) is 22.7. The fraction of sp³-hybridized carbons (Fsp3) is 0.615. The first-order valence-electron chi connectivity index (χ1n) is 13.5. The van der Waals surface area contributed by atoms with Gasteiger partial charge in [-0.15, -0.1) is 0 Å². The molecule has 0 spiro atoms. The highest BCUT2D eigenvalue weighted by Crippen LogP contribution is 2.41. The number of urea groups is 1. The summed E-state index contributed by atoms with van der Waals surface area (Å²) in [5.74, 6) is -6.35. The maximum absolute atomic E-state index is 14.0. The first-order valence-corrected chi connectivity index (χ1v) is 13.5. The Bertz CT molecular complexity index is 1300.